The summed E-state index contributed by atoms with van der Waals surface area (Å²) in [6.07, 6.45) is 0. The maximum Gasteiger partial charge on any atom is 0.324 e. The number of hydrogen-bond donors (Lipinski definition) is 2. The van der Waals surface area contributed by atoms with Gasteiger partial charge < -0.3 is 19.2 Å². The molecule has 0 aliphatic carbocycles. The van der Waals surface area contributed by atoms with E-state index in [-0.39, 0.29) is 22.4 Å². The number of Topliss-reactive ketones (excluding diaryl/α,β-unsaturated/α-hetero) is 1. The van der Waals surface area contributed by atoms with Crippen molar-refractivity contribution in [2.75, 3.05) is 19.5 Å². The zero-order valence-electron chi connectivity index (χ0n) is 24.1. The first kappa shape index (κ1) is 30.5. The van der Waals surface area contributed by atoms with Crippen molar-refractivity contribution in [2.24, 2.45) is 5.92 Å². The van der Waals surface area contributed by atoms with Crippen LogP contribution in [0.1, 0.15) is 47.2 Å². The third-order valence-electron chi connectivity index (χ3n) is 6.88. The lowest BCUT2D eigenvalue weighted by Gasteiger charge is -2.19. The standard InChI is InChI=1S/C31H32N2O8S/c1-17(2)27(31(36)40-6)33-42(37,38)23-13-9-21(10-14-23)20-7-11-22(12-8-20)32-30(35)28-18(3)26-25(41-28)16-15-24(19(4)34)29(26)39-5/h7-17,27,33H,1-6H3,(H,32,35). The van der Waals surface area contributed by atoms with Crippen LogP contribution in [0.5, 0.6) is 5.75 Å². The molecule has 0 spiro atoms. The Bertz CT molecular complexity index is 1760. The van der Waals surface area contributed by atoms with Crippen molar-refractivity contribution in [3.8, 4) is 16.9 Å². The number of benzene rings is 3. The van der Waals surface area contributed by atoms with Gasteiger partial charge in [0.05, 0.1) is 30.1 Å². The quantitative estimate of drug-likeness (QED) is 0.186. The number of ether oxygens (including phenoxy) is 2. The average molecular weight is 593 g/mol. The summed E-state index contributed by atoms with van der Waals surface area (Å²) in [6.45, 7) is 6.62. The van der Waals surface area contributed by atoms with Crippen molar-refractivity contribution in [1.82, 2.24) is 4.72 Å². The van der Waals surface area contributed by atoms with Gasteiger partial charge in [0, 0.05) is 11.3 Å². The molecule has 0 saturated carbocycles. The molecule has 4 aromatic rings. The van der Waals surface area contributed by atoms with Gasteiger partial charge in [-0.05, 0) is 67.3 Å². The fourth-order valence-corrected chi connectivity index (χ4v) is 5.92. The molecule has 0 aliphatic rings. The third kappa shape index (κ3) is 6.07. The van der Waals surface area contributed by atoms with E-state index in [2.05, 4.69) is 10.0 Å². The smallest absolute Gasteiger partial charge is 0.324 e. The molecule has 0 fully saturated rings. The molecule has 42 heavy (non-hydrogen) atoms. The summed E-state index contributed by atoms with van der Waals surface area (Å²) >= 11 is 0. The zero-order chi connectivity index (χ0) is 30.8. The topological polar surface area (TPSA) is 141 Å². The van der Waals surface area contributed by atoms with Gasteiger partial charge in [-0.2, -0.15) is 4.72 Å². The molecule has 1 atom stereocenters. The Morgan fingerprint density at radius 1 is 0.881 bits per heavy atom. The van der Waals surface area contributed by atoms with Gasteiger partial charge in [0.1, 0.15) is 17.4 Å². The molecule has 0 aliphatic heterocycles. The third-order valence-corrected chi connectivity index (χ3v) is 8.34. The number of rotatable bonds is 10. The summed E-state index contributed by atoms with van der Waals surface area (Å²) in [5.41, 5.74) is 3.45. The molecular weight excluding hydrogens is 560 g/mol. The Labute approximate surface area is 244 Å². The minimum Gasteiger partial charge on any atom is -0.495 e. The highest BCUT2D eigenvalue weighted by Gasteiger charge is 2.29. The van der Waals surface area contributed by atoms with Crippen LogP contribution in [0.4, 0.5) is 5.69 Å². The number of furan rings is 1. The molecule has 1 amide bonds. The first-order chi connectivity index (χ1) is 19.9. The molecule has 0 bridgehead atoms. The second kappa shape index (κ2) is 12.2. The lowest BCUT2D eigenvalue weighted by atomic mass is 10.0. The van der Waals surface area contributed by atoms with E-state index < -0.39 is 27.9 Å². The van der Waals surface area contributed by atoms with E-state index in [1.807, 2.05) is 0 Å². The van der Waals surface area contributed by atoms with Crippen LogP contribution in [-0.2, 0) is 19.6 Å². The second-order valence-corrected chi connectivity index (χ2v) is 11.8. The number of sulfonamides is 1. The van der Waals surface area contributed by atoms with Crippen LogP contribution in [0.15, 0.2) is 70.0 Å². The van der Waals surface area contributed by atoms with Gasteiger partial charge in [0.25, 0.3) is 5.91 Å². The molecule has 4 rings (SSSR count). The monoisotopic (exact) mass is 592 g/mol. The van der Waals surface area contributed by atoms with Crippen molar-refractivity contribution < 1.29 is 36.7 Å². The van der Waals surface area contributed by atoms with Crippen LogP contribution in [0.25, 0.3) is 22.1 Å². The number of anilines is 1. The number of esters is 1. The fourth-order valence-electron chi connectivity index (χ4n) is 4.59. The lowest BCUT2D eigenvalue weighted by Crippen LogP contribution is -2.44. The maximum absolute atomic E-state index is 13.1. The molecule has 220 valence electrons. The molecule has 1 aromatic heterocycles. The number of amides is 1. The fraction of sp³-hybridized carbons (Fsp3) is 0.258. The number of methoxy groups -OCH3 is 2. The van der Waals surface area contributed by atoms with E-state index in [4.69, 9.17) is 13.9 Å². The summed E-state index contributed by atoms with van der Waals surface area (Å²) in [7, 11) is -1.29. The molecule has 11 heteroatoms. The van der Waals surface area contributed by atoms with E-state index in [1.165, 1.54) is 33.3 Å². The first-order valence-corrected chi connectivity index (χ1v) is 14.6. The largest absolute Gasteiger partial charge is 0.495 e. The van der Waals surface area contributed by atoms with Gasteiger partial charge in [-0.1, -0.05) is 38.1 Å². The molecule has 0 saturated heterocycles. The molecule has 3 aromatic carbocycles. The predicted molar refractivity (Wildman–Crippen MR) is 158 cm³/mol. The van der Waals surface area contributed by atoms with Crippen molar-refractivity contribution in [2.45, 2.75) is 38.6 Å². The summed E-state index contributed by atoms with van der Waals surface area (Å²) in [5.74, 6) is -1.12. The normalized spacial score (nSPS) is 12.3. The lowest BCUT2D eigenvalue weighted by molar-refractivity contribution is -0.143. The SMILES string of the molecule is COC(=O)C(NS(=O)(=O)c1ccc(-c2ccc(NC(=O)c3oc4ccc(C(C)=O)c(OC)c4c3C)cc2)cc1)C(C)C. The van der Waals surface area contributed by atoms with Crippen molar-refractivity contribution >= 4 is 44.3 Å². The van der Waals surface area contributed by atoms with Crippen LogP contribution in [-0.4, -0.2) is 46.3 Å². The van der Waals surface area contributed by atoms with E-state index in [9.17, 15) is 22.8 Å². The van der Waals surface area contributed by atoms with Gasteiger partial charge in [-0.15, -0.1) is 0 Å². The molecule has 1 unspecified atom stereocenters. The first-order valence-electron chi connectivity index (χ1n) is 13.1. The Kier molecular flexibility index (Phi) is 8.83. The number of carbonyl (C=O) groups excluding carboxylic acids is 3. The van der Waals surface area contributed by atoms with Gasteiger partial charge in [0.2, 0.25) is 10.0 Å². The highest BCUT2D eigenvalue weighted by molar-refractivity contribution is 7.89. The molecular formula is C31H32N2O8S. The second-order valence-electron chi connectivity index (χ2n) is 10.1. The molecule has 0 radical (unpaired) electrons. The van der Waals surface area contributed by atoms with Crippen LogP contribution in [0.3, 0.4) is 0 Å². The van der Waals surface area contributed by atoms with E-state index in [0.717, 1.165) is 11.1 Å². The Hall–Kier alpha value is -4.48. The van der Waals surface area contributed by atoms with Crippen LogP contribution >= 0.6 is 0 Å². The van der Waals surface area contributed by atoms with Gasteiger partial charge in [-0.3, -0.25) is 14.4 Å². The number of hydrogen-bond acceptors (Lipinski definition) is 8. The van der Waals surface area contributed by atoms with E-state index in [1.54, 1.807) is 69.3 Å². The number of nitrogens with one attached hydrogen (secondary N) is 2. The summed E-state index contributed by atoms with van der Waals surface area (Å²) in [6, 6.07) is 15.5. The van der Waals surface area contributed by atoms with E-state index >= 15 is 0 Å². The highest BCUT2D eigenvalue weighted by Crippen LogP contribution is 2.36. The minimum atomic E-state index is -3.96. The van der Waals surface area contributed by atoms with Gasteiger partial charge >= 0.3 is 5.97 Å². The minimum absolute atomic E-state index is 0.0120. The molecule has 10 nitrogen and oxygen atoms in total. The van der Waals surface area contributed by atoms with Crippen LogP contribution < -0.4 is 14.8 Å². The van der Waals surface area contributed by atoms with Crippen LogP contribution in [0, 0.1) is 12.8 Å². The predicted octanol–water partition coefficient (Wildman–Crippen LogP) is 5.35. The Morgan fingerprint density at radius 3 is 2.00 bits per heavy atom. The van der Waals surface area contributed by atoms with Crippen LogP contribution in [0.2, 0.25) is 0 Å². The number of carbonyl (C=O) groups is 3. The summed E-state index contributed by atoms with van der Waals surface area (Å²) < 4.78 is 44.1. The van der Waals surface area contributed by atoms with Crippen molar-refractivity contribution in [3.63, 3.8) is 0 Å². The Morgan fingerprint density at radius 2 is 1.48 bits per heavy atom. The van der Waals surface area contributed by atoms with Crippen molar-refractivity contribution in [3.05, 3.63) is 77.6 Å². The Balaban J connectivity index is 1.50. The number of aryl methyl sites for hydroxylation is 1. The van der Waals surface area contributed by atoms with Crippen molar-refractivity contribution in [1.29, 1.82) is 0 Å². The highest BCUT2D eigenvalue weighted by atomic mass is 32.2. The maximum atomic E-state index is 13.1. The molecule has 1 heterocycles. The van der Waals surface area contributed by atoms with Gasteiger partial charge in [-0.25, -0.2) is 8.42 Å². The molecule has 2 N–H and O–H groups in total. The number of ketones is 1. The number of fused-ring (bicyclic) bond motifs is 1. The average Bonchev–Trinajstić information content (AvgIpc) is 3.31. The summed E-state index contributed by atoms with van der Waals surface area (Å²) in [5, 5.41) is 3.38. The van der Waals surface area contributed by atoms with Gasteiger partial charge in [0.15, 0.2) is 11.5 Å². The van der Waals surface area contributed by atoms with E-state index in [0.29, 0.717) is 33.5 Å². The summed E-state index contributed by atoms with van der Waals surface area (Å²) in [4.78, 5) is 37.1. The zero-order valence-corrected chi connectivity index (χ0v) is 24.9.